The zero-order valence-corrected chi connectivity index (χ0v) is 11.1. The minimum absolute atomic E-state index is 0.0286. The zero-order valence-electron chi connectivity index (χ0n) is 10.3. The van der Waals surface area contributed by atoms with Gasteiger partial charge in [0.15, 0.2) is 15.6 Å². The summed E-state index contributed by atoms with van der Waals surface area (Å²) < 4.78 is 41.4. The van der Waals surface area contributed by atoms with E-state index < -0.39 is 20.5 Å². The standard InChI is InChI=1S/C11H14FNO4S/c1-13-6-9(14)7-4-8(12)11(18(3,15)16)10(5-7)17-2/h4-5,13H,6H2,1-3H3. The summed E-state index contributed by atoms with van der Waals surface area (Å²) in [7, 11) is -0.960. The number of nitrogens with one attached hydrogen (secondary N) is 1. The summed E-state index contributed by atoms with van der Waals surface area (Å²) >= 11 is 0. The van der Waals surface area contributed by atoms with Crippen LogP contribution in [0.5, 0.6) is 5.75 Å². The van der Waals surface area contributed by atoms with Crippen LogP contribution in [0, 0.1) is 5.82 Å². The van der Waals surface area contributed by atoms with Crippen LogP contribution in [-0.2, 0) is 9.84 Å². The number of rotatable bonds is 5. The normalized spacial score (nSPS) is 11.3. The molecule has 0 fully saturated rings. The molecule has 0 spiro atoms. The molecule has 0 aromatic heterocycles. The van der Waals surface area contributed by atoms with Crippen molar-refractivity contribution in [3.05, 3.63) is 23.5 Å². The van der Waals surface area contributed by atoms with E-state index in [0.717, 1.165) is 12.3 Å². The first-order chi connectivity index (χ1) is 8.31. The molecule has 0 saturated heterocycles. The lowest BCUT2D eigenvalue weighted by molar-refractivity contribution is 0.0992. The molecule has 0 aliphatic heterocycles. The van der Waals surface area contributed by atoms with Crippen molar-refractivity contribution in [3.63, 3.8) is 0 Å². The summed E-state index contributed by atoms with van der Waals surface area (Å²) in [4.78, 5) is 11.1. The summed E-state index contributed by atoms with van der Waals surface area (Å²) in [6.45, 7) is 0.0286. The number of benzene rings is 1. The average Bonchev–Trinajstić information content (AvgIpc) is 2.26. The molecule has 0 amide bonds. The second-order valence-electron chi connectivity index (χ2n) is 3.72. The lowest BCUT2D eigenvalue weighted by Crippen LogP contribution is -2.19. The van der Waals surface area contributed by atoms with E-state index in [4.69, 9.17) is 4.74 Å². The van der Waals surface area contributed by atoms with E-state index in [-0.39, 0.29) is 23.6 Å². The maximum absolute atomic E-state index is 13.8. The van der Waals surface area contributed by atoms with Crippen molar-refractivity contribution < 1.29 is 22.3 Å². The number of carbonyl (C=O) groups excluding carboxylic acids is 1. The Balaban J connectivity index is 3.41. The molecule has 0 bridgehead atoms. The molecule has 7 heteroatoms. The first kappa shape index (κ1) is 14.6. The molecule has 100 valence electrons. The fourth-order valence-corrected chi connectivity index (χ4v) is 2.42. The molecule has 1 aromatic rings. The van der Waals surface area contributed by atoms with Crippen LogP contribution in [0.3, 0.4) is 0 Å². The SMILES string of the molecule is CNCC(=O)c1cc(F)c(S(C)(=O)=O)c(OC)c1. The Labute approximate surface area is 105 Å². The Morgan fingerprint density at radius 2 is 2.06 bits per heavy atom. The van der Waals surface area contributed by atoms with Crippen LogP contribution in [0.15, 0.2) is 17.0 Å². The third-order valence-electron chi connectivity index (χ3n) is 2.26. The van der Waals surface area contributed by atoms with Crippen molar-refractivity contribution in [1.82, 2.24) is 5.32 Å². The molecule has 0 atom stereocenters. The number of hydrogen-bond donors (Lipinski definition) is 1. The Morgan fingerprint density at radius 3 is 2.50 bits per heavy atom. The fraction of sp³-hybridized carbons (Fsp3) is 0.364. The third kappa shape index (κ3) is 3.05. The first-order valence-electron chi connectivity index (χ1n) is 5.06. The molecule has 0 heterocycles. The highest BCUT2D eigenvalue weighted by Crippen LogP contribution is 2.28. The lowest BCUT2D eigenvalue weighted by Gasteiger charge is -2.10. The van der Waals surface area contributed by atoms with Gasteiger partial charge in [-0.1, -0.05) is 0 Å². The quantitative estimate of drug-likeness (QED) is 0.798. The van der Waals surface area contributed by atoms with Crippen LogP contribution in [0.2, 0.25) is 0 Å². The molecule has 0 saturated carbocycles. The van der Waals surface area contributed by atoms with Gasteiger partial charge in [0, 0.05) is 11.8 Å². The van der Waals surface area contributed by atoms with Gasteiger partial charge in [0.25, 0.3) is 0 Å². The summed E-state index contributed by atoms with van der Waals surface area (Å²) in [5, 5.41) is 2.64. The molecular formula is C11H14FNO4S. The van der Waals surface area contributed by atoms with Gasteiger partial charge in [-0.15, -0.1) is 0 Å². The summed E-state index contributed by atoms with van der Waals surface area (Å²) in [6, 6.07) is 2.12. The van der Waals surface area contributed by atoms with Crippen LogP contribution < -0.4 is 10.1 Å². The molecule has 5 nitrogen and oxygen atoms in total. The molecule has 0 aliphatic rings. The minimum atomic E-state index is -3.76. The molecule has 1 N–H and O–H groups in total. The van der Waals surface area contributed by atoms with Gasteiger partial charge < -0.3 is 10.1 Å². The molecule has 1 rings (SSSR count). The van der Waals surface area contributed by atoms with Gasteiger partial charge in [0.1, 0.15) is 16.5 Å². The number of sulfone groups is 1. The van der Waals surface area contributed by atoms with Crippen LogP contribution in [0.4, 0.5) is 4.39 Å². The molecule has 0 radical (unpaired) electrons. The van der Waals surface area contributed by atoms with Crippen molar-refractivity contribution in [2.24, 2.45) is 0 Å². The predicted octanol–water partition coefficient (Wildman–Crippen LogP) is 0.640. The van der Waals surface area contributed by atoms with Gasteiger partial charge in [0.05, 0.1) is 13.7 Å². The molecule has 1 aromatic carbocycles. The van der Waals surface area contributed by atoms with E-state index in [1.54, 1.807) is 7.05 Å². The van der Waals surface area contributed by atoms with E-state index >= 15 is 0 Å². The van der Waals surface area contributed by atoms with Crippen LogP contribution in [0.1, 0.15) is 10.4 Å². The van der Waals surface area contributed by atoms with E-state index in [1.165, 1.54) is 13.2 Å². The smallest absolute Gasteiger partial charge is 0.182 e. The average molecular weight is 275 g/mol. The Morgan fingerprint density at radius 1 is 1.44 bits per heavy atom. The van der Waals surface area contributed by atoms with Crippen molar-refractivity contribution in [3.8, 4) is 5.75 Å². The maximum Gasteiger partial charge on any atom is 0.182 e. The number of Topliss-reactive ketones (excluding diaryl/α,β-unsaturated/α-hetero) is 1. The second-order valence-corrected chi connectivity index (χ2v) is 5.67. The fourth-order valence-electron chi connectivity index (χ4n) is 1.50. The van der Waals surface area contributed by atoms with Crippen LogP contribution in [-0.4, -0.2) is 41.2 Å². The molecular weight excluding hydrogens is 261 g/mol. The van der Waals surface area contributed by atoms with E-state index in [0.29, 0.717) is 0 Å². The summed E-state index contributed by atoms with van der Waals surface area (Å²) in [6.07, 6.45) is 0.878. The van der Waals surface area contributed by atoms with Gasteiger partial charge in [-0.3, -0.25) is 4.79 Å². The number of hydrogen-bond acceptors (Lipinski definition) is 5. The third-order valence-corrected chi connectivity index (χ3v) is 3.40. The number of carbonyl (C=O) groups is 1. The number of halogens is 1. The maximum atomic E-state index is 13.8. The Bertz CT molecular complexity index is 569. The largest absolute Gasteiger partial charge is 0.495 e. The highest BCUT2D eigenvalue weighted by molar-refractivity contribution is 7.90. The molecule has 18 heavy (non-hydrogen) atoms. The summed E-state index contributed by atoms with van der Waals surface area (Å²) in [5.74, 6) is -1.51. The van der Waals surface area contributed by atoms with Crippen molar-refractivity contribution in [1.29, 1.82) is 0 Å². The highest BCUT2D eigenvalue weighted by atomic mass is 32.2. The number of likely N-dealkylation sites (N-methyl/N-ethyl adjacent to an activating group) is 1. The topological polar surface area (TPSA) is 72.5 Å². The highest BCUT2D eigenvalue weighted by Gasteiger charge is 2.22. The number of ether oxygens (including phenoxy) is 1. The number of ketones is 1. The molecule has 0 unspecified atom stereocenters. The van der Waals surface area contributed by atoms with Crippen LogP contribution >= 0.6 is 0 Å². The molecule has 0 aliphatic carbocycles. The van der Waals surface area contributed by atoms with Gasteiger partial charge in [-0.25, -0.2) is 12.8 Å². The number of methoxy groups -OCH3 is 1. The van der Waals surface area contributed by atoms with Gasteiger partial charge >= 0.3 is 0 Å². The Kier molecular flexibility index (Phi) is 4.42. The van der Waals surface area contributed by atoms with Gasteiger partial charge in [-0.05, 0) is 19.2 Å². The lowest BCUT2D eigenvalue weighted by atomic mass is 10.1. The van der Waals surface area contributed by atoms with Crippen molar-refractivity contribution in [2.45, 2.75) is 4.90 Å². The van der Waals surface area contributed by atoms with E-state index in [9.17, 15) is 17.6 Å². The van der Waals surface area contributed by atoms with Crippen molar-refractivity contribution >= 4 is 15.6 Å². The zero-order chi connectivity index (χ0) is 13.9. The minimum Gasteiger partial charge on any atom is -0.495 e. The first-order valence-corrected chi connectivity index (χ1v) is 6.95. The van der Waals surface area contributed by atoms with Gasteiger partial charge in [-0.2, -0.15) is 0 Å². The van der Waals surface area contributed by atoms with Gasteiger partial charge in [0.2, 0.25) is 0 Å². The van der Waals surface area contributed by atoms with Crippen LogP contribution in [0.25, 0.3) is 0 Å². The van der Waals surface area contributed by atoms with Crippen molar-refractivity contribution in [2.75, 3.05) is 27.0 Å². The van der Waals surface area contributed by atoms with E-state index in [2.05, 4.69) is 5.32 Å². The monoisotopic (exact) mass is 275 g/mol. The van der Waals surface area contributed by atoms with E-state index in [1.807, 2.05) is 0 Å². The second kappa shape index (κ2) is 5.45. The predicted molar refractivity (Wildman–Crippen MR) is 64.3 cm³/mol. The Hall–Kier alpha value is -1.47. The summed E-state index contributed by atoms with van der Waals surface area (Å²) in [5.41, 5.74) is 0.0612.